The van der Waals surface area contributed by atoms with Crippen molar-refractivity contribution in [2.75, 3.05) is 17.2 Å². The zero-order valence-electron chi connectivity index (χ0n) is 9.58. The topological polar surface area (TPSA) is 26.0 Å². The third-order valence-electron chi connectivity index (χ3n) is 3.41. The average Bonchev–Trinajstić information content (AvgIpc) is 2.30. The molecule has 3 heteroatoms. The van der Waals surface area contributed by atoms with E-state index in [-0.39, 0.29) is 5.92 Å². The number of alkyl halides is 1. The molecule has 2 atom stereocenters. The number of nitrogen functional groups attached to an aromatic ring is 1. The fourth-order valence-corrected chi connectivity index (χ4v) is 3.63. The minimum absolute atomic E-state index is 0.0935. The van der Waals surface area contributed by atoms with Crippen LogP contribution in [0.25, 0.3) is 0 Å². The second kappa shape index (κ2) is 4.66. The van der Waals surface area contributed by atoms with Crippen LogP contribution in [0.15, 0.2) is 24.3 Å². The third-order valence-corrected chi connectivity index (χ3v) is 4.63. The molecular formula is C13H18FNS. The maximum Gasteiger partial charge on any atom is 0.138 e. The summed E-state index contributed by atoms with van der Waals surface area (Å²) in [5, 5.41) is 0. The summed E-state index contributed by atoms with van der Waals surface area (Å²) in [4.78, 5) is 0. The molecule has 1 aromatic carbocycles. The van der Waals surface area contributed by atoms with Gasteiger partial charge in [0, 0.05) is 17.2 Å². The Bertz CT molecular complexity index is 359. The molecule has 1 aromatic rings. The van der Waals surface area contributed by atoms with Gasteiger partial charge in [-0.25, -0.2) is 4.39 Å². The highest BCUT2D eigenvalue weighted by Gasteiger charge is 2.38. The van der Waals surface area contributed by atoms with Crippen molar-refractivity contribution in [3.8, 4) is 0 Å². The van der Waals surface area contributed by atoms with Crippen LogP contribution in [0.2, 0.25) is 0 Å². The first kappa shape index (κ1) is 11.8. The van der Waals surface area contributed by atoms with Crippen LogP contribution in [-0.4, -0.2) is 11.5 Å². The van der Waals surface area contributed by atoms with Gasteiger partial charge in [-0.2, -0.15) is 11.8 Å². The van der Waals surface area contributed by atoms with E-state index in [0.717, 1.165) is 24.3 Å². The lowest BCUT2D eigenvalue weighted by Gasteiger charge is -2.34. The molecule has 0 radical (unpaired) electrons. The van der Waals surface area contributed by atoms with Gasteiger partial charge in [-0.05, 0) is 37.3 Å². The molecule has 1 nitrogen and oxygen atoms in total. The molecule has 1 fully saturated rings. The lowest BCUT2D eigenvalue weighted by Crippen LogP contribution is -2.32. The van der Waals surface area contributed by atoms with Crippen LogP contribution in [0.3, 0.4) is 0 Å². The summed E-state index contributed by atoms with van der Waals surface area (Å²) in [7, 11) is 0. The lowest BCUT2D eigenvalue weighted by atomic mass is 9.82. The van der Waals surface area contributed by atoms with Gasteiger partial charge in [0.1, 0.15) is 5.67 Å². The van der Waals surface area contributed by atoms with E-state index < -0.39 is 5.67 Å². The molecule has 0 spiro atoms. The Morgan fingerprint density at radius 2 is 2.19 bits per heavy atom. The van der Waals surface area contributed by atoms with Crippen molar-refractivity contribution in [1.29, 1.82) is 0 Å². The van der Waals surface area contributed by atoms with Gasteiger partial charge >= 0.3 is 0 Å². The van der Waals surface area contributed by atoms with E-state index in [1.807, 2.05) is 30.0 Å². The van der Waals surface area contributed by atoms with Crippen molar-refractivity contribution in [3.05, 3.63) is 29.8 Å². The molecule has 1 aliphatic rings. The Morgan fingerprint density at radius 1 is 1.44 bits per heavy atom. The monoisotopic (exact) mass is 239 g/mol. The highest BCUT2D eigenvalue weighted by atomic mass is 32.2. The first-order chi connectivity index (χ1) is 7.62. The normalized spacial score (nSPS) is 25.0. The van der Waals surface area contributed by atoms with E-state index in [9.17, 15) is 4.39 Å². The van der Waals surface area contributed by atoms with Crippen LogP contribution < -0.4 is 5.73 Å². The van der Waals surface area contributed by atoms with Crippen LogP contribution in [0.5, 0.6) is 0 Å². The minimum atomic E-state index is -1.29. The Morgan fingerprint density at radius 3 is 2.81 bits per heavy atom. The van der Waals surface area contributed by atoms with Gasteiger partial charge < -0.3 is 5.73 Å². The first-order valence-electron chi connectivity index (χ1n) is 5.74. The second-order valence-corrected chi connectivity index (χ2v) is 5.73. The Balaban J connectivity index is 2.26. The van der Waals surface area contributed by atoms with Gasteiger partial charge in [0.2, 0.25) is 0 Å². The molecule has 2 rings (SSSR count). The quantitative estimate of drug-likeness (QED) is 0.798. The van der Waals surface area contributed by atoms with Crippen molar-refractivity contribution in [2.45, 2.75) is 25.4 Å². The second-order valence-electron chi connectivity index (χ2n) is 4.58. The predicted octanol–water partition coefficient (Wildman–Crippen LogP) is 3.60. The van der Waals surface area contributed by atoms with Crippen LogP contribution >= 0.6 is 11.8 Å². The lowest BCUT2D eigenvalue weighted by molar-refractivity contribution is 0.107. The number of hydrogen-bond donors (Lipinski definition) is 1. The van der Waals surface area contributed by atoms with E-state index in [4.69, 9.17) is 5.73 Å². The molecule has 0 aliphatic carbocycles. The number of hydrogen-bond acceptors (Lipinski definition) is 2. The van der Waals surface area contributed by atoms with E-state index >= 15 is 0 Å². The van der Waals surface area contributed by atoms with E-state index in [1.54, 1.807) is 13.0 Å². The smallest absolute Gasteiger partial charge is 0.138 e. The molecule has 16 heavy (non-hydrogen) atoms. The zero-order valence-corrected chi connectivity index (χ0v) is 10.4. The number of nitrogens with two attached hydrogens (primary N) is 1. The standard InChI is InChI=1S/C13H18FNS/c1-13(14,10-5-4-8-16-9-10)11-6-2-3-7-12(11)15/h2-3,6-7,10H,4-5,8-9,15H2,1H3. The molecule has 2 unspecified atom stereocenters. The third kappa shape index (κ3) is 2.19. The van der Waals surface area contributed by atoms with Crippen molar-refractivity contribution in [2.24, 2.45) is 5.92 Å². The van der Waals surface area contributed by atoms with Crippen LogP contribution in [0.1, 0.15) is 25.3 Å². The molecule has 0 saturated carbocycles. The molecule has 1 aliphatic heterocycles. The number of para-hydroxylation sites is 1. The number of anilines is 1. The Kier molecular flexibility index (Phi) is 3.43. The molecular weight excluding hydrogens is 221 g/mol. The van der Waals surface area contributed by atoms with Gasteiger partial charge in [0.15, 0.2) is 0 Å². The average molecular weight is 239 g/mol. The van der Waals surface area contributed by atoms with Crippen LogP contribution in [-0.2, 0) is 5.67 Å². The van der Waals surface area contributed by atoms with Crippen LogP contribution in [0.4, 0.5) is 10.1 Å². The fraction of sp³-hybridized carbons (Fsp3) is 0.538. The molecule has 0 bridgehead atoms. The van der Waals surface area contributed by atoms with Gasteiger partial charge in [0.25, 0.3) is 0 Å². The van der Waals surface area contributed by atoms with E-state index in [1.165, 1.54) is 0 Å². The maximum absolute atomic E-state index is 14.9. The Labute approximate surface area is 101 Å². The van der Waals surface area contributed by atoms with Gasteiger partial charge in [0.05, 0.1) is 0 Å². The highest BCUT2D eigenvalue weighted by molar-refractivity contribution is 7.99. The van der Waals surface area contributed by atoms with Crippen LogP contribution in [0, 0.1) is 5.92 Å². The Hall–Kier alpha value is -0.700. The number of halogens is 1. The summed E-state index contributed by atoms with van der Waals surface area (Å²) < 4.78 is 14.9. The minimum Gasteiger partial charge on any atom is -0.398 e. The SMILES string of the molecule is CC(F)(c1ccccc1N)C1CCCSC1. The maximum atomic E-state index is 14.9. The van der Waals surface area contributed by atoms with E-state index in [0.29, 0.717) is 11.3 Å². The molecule has 0 amide bonds. The highest BCUT2D eigenvalue weighted by Crippen LogP contribution is 2.42. The molecule has 1 heterocycles. The van der Waals surface area contributed by atoms with E-state index in [2.05, 4.69) is 0 Å². The number of benzene rings is 1. The van der Waals surface area contributed by atoms with Gasteiger partial charge in [-0.1, -0.05) is 18.2 Å². The summed E-state index contributed by atoms with van der Waals surface area (Å²) in [6, 6.07) is 7.31. The predicted molar refractivity (Wildman–Crippen MR) is 69.4 cm³/mol. The molecule has 88 valence electrons. The molecule has 1 saturated heterocycles. The summed E-state index contributed by atoms with van der Waals surface area (Å²) in [5.74, 6) is 2.16. The number of rotatable bonds is 2. The number of thioether (sulfide) groups is 1. The molecule has 2 N–H and O–H groups in total. The summed E-state index contributed by atoms with van der Waals surface area (Å²) >= 11 is 1.85. The fourth-order valence-electron chi connectivity index (χ4n) is 2.33. The van der Waals surface area contributed by atoms with Gasteiger partial charge in [-0.15, -0.1) is 0 Å². The van der Waals surface area contributed by atoms with Gasteiger partial charge in [-0.3, -0.25) is 0 Å². The summed E-state index contributed by atoms with van der Waals surface area (Å²) in [6.07, 6.45) is 2.08. The molecule has 0 aromatic heterocycles. The zero-order chi connectivity index (χ0) is 11.6. The van der Waals surface area contributed by atoms with Crippen molar-refractivity contribution in [3.63, 3.8) is 0 Å². The van der Waals surface area contributed by atoms with Crippen molar-refractivity contribution >= 4 is 17.4 Å². The van der Waals surface area contributed by atoms with Crippen molar-refractivity contribution in [1.82, 2.24) is 0 Å². The largest absolute Gasteiger partial charge is 0.398 e. The first-order valence-corrected chi connectivity index (χ1v) is 6.89. The van der Waals surface area contributed by atoms with Crippen molar-refractivity contribution < 1.29 is 4.39 Å². The summed E-state index contributed by atoms with van der Waals surface area (Å²) in [6.45, 7) is 1.68. The summed E-state index contributed by atoms with van der Waals surface area (Å²) in [5.41, 5.74) is 5.80.